The number of hydrogen-bond acceptors (Lipinski definition) is 2. The van der Waals surface area contributed by atoms with Crippen molar-refractivity contribution in [2.75, 3.05) is 0 Å². The Kier molecular flexibility index (Phi) is 5.35. The molecule has 20 heavy (non-hydrogen) atoms. The van der Waals surface area contributed by atoms with Crippen LogP contribution in [0.4, 0.5) is 0 Å². The summed E-state index contributed by atoms with van der Waals surface area (Å²) in [6.07, 6.45) is 2.25. The van der Waals surface area contributed by atoms with Gasteiger partial charge in [0.05, 0.1) is 6.04 Å². The third-order valence-electron chi connectivity index (χ3n) is 3.61. The fourth-order valence-corrected chi connectivity index (χ4v) is 2.90. The molecule has 1 atom stereocenters. The quantitative estimate of drug-likeness (QED) is 0.634. The minimum atomic E-state index is 0.0179. The third-order valence-corrected chi connectivity index (χ3v) is 4.47. The van der Waals surface area contributed by atoms with E-state index in [1.807, 2.05) is 6.07 Å². The van der Waals surface area contributed by atoms with E-state index in [4.69, 9.17) is 5.84 Å². The van der Waals surface area contributed by atoms with Crippen LogP contribution in [0.15, 0.2) is 46.9 Å². The summed E-state index contributed by atoms with van der Waals surface area (Å²) in [5.41, 5.74) is 7.94. The second-order valence-electron chi connectivity index (χ2n) is 5.05. The van der Waals surface area contributed by atoms with E-state index < -0.39 is 0 Å². The molecule has 0 heterocycles. The number of nitrogens with one attached hydrogen (secondary N) is 1. The van der Waals surface area contributed by atoms with Gasteiger partial charge in [-0.25, -0.2) is 5.43 Å². The standard InChI is InChI=1S/C17H21BrN2/c1-3-6-13-7-4-8-14(11-13)17(20-19)15-9-5-10-16(18)12(15)2/h4-5,7-11,17,20H,3,6,19H2,1-2H3. The maximum atomic E-state index is 5.81. The predicted octanol–water partition coefficient (Wildman–Crippen LogP) is 4.26. The van der Waals surface area contributed by atoms with Crippen LogP contribution in [-0.2, 0) is 6.42 Å². The molecule has 0 fully saturated rings. The van der Waals surface area contributed by atoms with Crippen LogP contribution in [0.25, 0.3) is 0 Å². The largest absolute Gasteiger partial charge is 0.271 e. The Morgan fingerprint density at radius 1 is 1.20 bits per heavy atom. The van der Waals surface area contributed by atoms with Crippen LogP contribution in [0.5, 0.6) is 0 Å². The number of hydrogen-bond donors (Lipinski definition) is 2. The zero-order chi connectivity index (χ0) is 14.5. The molecule has 0 spiro atoms. The molecule has 0 saturated heterocycles. The van der Waals surface area contributed by atoms with Gasteiger partial charge in [0.2, 0.25) is 0 Å². The van der Waals surface area contributed by atoms with Gasteiger partial charge in [-0.1, -0.05) is 65.7 Å². The summed E-state index contributed by atoms with van der Waals surface area (Å²) < 4.78 is 1.11. The average molecular weight is 333 g/mol. The fraction of sp³-hybridized carbons (Fsp3) is 0.294. The van der Waals surface area contributed by atoms with Crippen LogP contribution in [0, 0.1) is 6.92 Å². The second-order valence-corrected chi connectivity index (χ2v) is 5.90. The topological polar surface area (TPSA) is 38.0 Å². The van der Waals surface area contributed by atoms with Crippen molar-refractivity contribution in [3.05, 3.63) is 69.2 Å². The highest BCUT2D eigenvalue weighted by atomic mass is 79.9. The van der Waals surface area contributed by atoms with E-state index in [1.54, 1.807) is 0 Å². The number of aryl methyl sites for hydroxylation is 1. The Labute approximate surface area is 129 Å². The van der Waals surface area contributed by atoms with Crippen molar-refractivity contribution in [2.24, 2.45) is 5.84 Å². The van der Waals surface area contributed by atoms with Gasteiger partial charge in [-0.2, -0.15) is 0 Å². The van der Waals surface area contributed by atoms with Crippen LogP contribution in [-0.4, -0.2) is 0 Å². The lowest BCUT2D eigenvalue weighted by Gasteiger charge is -2.20. The third kappa shape index (κ3) is 3.29. The second kappa shape index (κ2) is 7.02. The van der Waals surface area contributed by atoms with E-state index >= 15 is 0 Å². The monoisotopic (exact) mass is 332 g/mol. The summed E-state index contributed by atoms with van der Waals surface area (Å²) in [6.45, 7) is 4.31. The smallest absolute Gasteiger partial charge is 0.0713 e. The van der Waals surface area contributed by atoms with Crippen molar-refractivity contribution in [1.82, 2.24) is 5.43 Å². The van der Waals surface area contributed by atoms with E-state index in [-0.39, 0.29) is 6.04 Å². The van der Waals surface area contributed by atoms with Crippen LogP contribution in [0.1, 0.15) is 41.6 Å². The molecule has 0 aliphatic heterocycles. The Balaban J connectivity index is 2.41. The Morgan fingerprint density at radius 3 is 2.65 bits per heavy atom. The minimum absolute atomic E-state index is 0.0179. The molecule has 2 aromatic rings. The van der Waals surface area contributed by atoms with Crippen molar-refractivity contribution in [3.8, 4) is 0 Å². The molecule has 0 aliphatic carbocycles. The van der Waals surface area contributed by atoms with Gasteiger partial charge in [0.15, 0.2) is 0 Å². The SMILES string of the molecule is CCCc1cccc(C(NN)c2cccc(Br)c2C)c1. The number of halogens is 1. The number of rotatable bonds is 5. The minimum Gasteiger partial charge on any atom is -0.271 e. The van der Waals surface area contributed by atoms with E-state index in [2.05, 4.69) is 71.6 Å². The Bertz CT molecular complexity index is 581. The summed E-state index contributed by atoms with van der Waals surface area (Å²) in [6, 6.07) is 14.9. The number of nitrogens with two attached hydrogens (primary N) is 1. The Hall–Kier alpha value is -1.16. The van der Waals surface area contributed by atoms with E-state index in [0.717, 1.165) is 17.3 Å². The first-order valence-electron chi connectivity index (χ1n) is 6.97. The molecule has 3 heteroatoms. The summed E-state index contributed by atoms with van der Waals surface area (Å²) in [7, 11) is 0. The highest BCUT2D eigenvalue weighted by molar-refractivity contribution is 9.10. The molecule has 0 amide bonds. The molecule has 2 aromatic carbocycles. The molecule has 2 rings (SSSR count). The van der Waals surface area contributed by atoms with Gasteiger partial charge in [-0.05, 0) is 41.7 Å². The van der Waals surface area contributed by atoms with Gasteiger partial charge < -0.3 is 0 Å². The number of benzene rings is 2. The fourth-order valence-electron chi connectivity index (χ4n) is 2.52. The highest BCUT2D eigenvalue weighted by Crippen LogP contribution is 2.29. The molecular weight excluding hydrogens is 312 g/mol. The van der Waals surface area contributed by atoms with Crippen molar-refractivity contribution >= 4 is 15.9 Å². The van der Waals surface area contributed by atoms with Crippen LogP contribution in [0.3, 0.4) is 0 Å². The van der Waals surface area contributed by atoms with E-state index in [0.29, 0.717) is 0 Å². The first-order valence-corrected chi connectivity index (χ1v) is 7.76. The number of hydrazine groups is 1. The maximum absolute atomic E-state index is 5.81. The van der Waals surface area contributed by atoms with Crippen molar-refractivity contribution < 1.29 is 0 Å². The lowest BCUT2D eigenvalue weighted by atomic mass is 9.94. The maximum Gasteiger partial charge on any atom is 0.0713 e. The van der Waals surface area contributed by atoms with Gasteiger partial charge >= 0.3 is 0 Å². The van der Waals surface area contributed by atoms with Gasteiger partial charge in [0, 0.05) is 4.47 Å². The molecule has 0 aromatic heterocycles. The zero-order valence-corrected chi connectivity index (χ0v) is 13.6. The molecule has 2 nitrogen and oxygen atoms in total. The van der Waals surface area contributed by atoms with Gasteiger partial charge in [0.1, 0.15) is 0 Å². The normalized spacial score (nSPS) is 12.4. The first-order chi connectivity index (χ1) is 9.67. The first kappa shape index (κ1) is 15.2. The average Bonchev–Trinajstić information content (AvgIpc) is 2.45. The van der Waals surface area contributed by atoms with Crippen LogP contribution < -0.4 is 11.3 Å². The molecule has 3 N–H and O–H groups in total. The molecule has 0 bridgehead atoms. The van der Waals surface area contributed by atoms with Crippen LogP contribution >= 0.6 is 15.9 Å². The van der Waals surface area contributed by atoms with Crippen molar-refractivity contribution in [2.45, 2.75) is 32.7 Å². The molecule has 0 radical (unpaired) electrons. The summed E-state index contributed by atoms with van der Waals surface area (Å²) >= 11 is 3.59. The lowest BCUT2D eigenvalue weighted by Crippen LogP contribution is -2.29. The van der Waals surface area contributed by atoms with Gasteiger partial charge in [0.25, 0.3) is 0 Å². The van der Waals surface area contributed by atoms with Crippen molar-refractivity contribution in [3.63, 3.8) is 0 Å². The van der Waals surface area contributed by atoms with Crippen LogP contribution in [0.2, 0.25) is 0 Å². The van der Waals surface area contributed by atoms with Gasteiger partial charge in [-0.3, -0.25) is 5.84 Å². The molecule has 106 valence electrons. The van der Waals surface area contributed by atoms with Crippen molar-refractivity contribution in [1.29, 1.82) is 0 Å². The Morgan fingerprint density at radius 2 is 1.95 bits per heavy atom. The van der Waals surface area contributed by atoms with Gasteiger partial charge in [-0.15, -0.1) is 0 Å². The molecular formula is C17H21BrN2. The molecule has 0 saturated carbocycles. The summed E-state index contributed by atoms with van der Waals surface area (Å²) in [4.78, 5) is 0. The zero-order valence-electron chi connectivity index (χ0n) is 12.0. The van der Waals surface area contributed by atoms with E-state index in [1.165, 1.54) is 22.3 Å². The highest BCUT2D eigenvalue weighted by Gasteiger charge is 2.15. The van der Waals surface area contributed by atoms with E-state index in [9.17, 15) is 0 Å². The lowest BCUT2D eigenvalue weighted by molar-refractivity contribution is 0.632. The predicted molar refractivity (Wildman–Crippen MR) is 88.5 cm³/mol. The summed E-state index contributed by atoms with van der Waals surface area (Å²) in [5, 5.41) is 0. The molecule has 0 aliphatic rings. The summed E-state index contributed by atoms with van der Waals surface area (Å²) in [5.74, 6) is 5.81. The molecule has 1 unspecified atom stereocenters.